The molecule has 4 atom stereocenters. The first kappa shape index (κ1) is 110. The highest BCUT2D eigenvalue weighted by atomic mass is 79.9. The standard InChI is InChI=1S/C29H26Cl2N2O3.C29H24Cl2N2O2.C26H19BrCl2N2O2.C21H14BrCl2NO2.C6H9N.C5H7NO.CO2/c1-27(2,35)21-8-13-25-24(16-21)26(34)33(17-19-4-9-22(30)10-5-19)29(25,20-6-11-23(31)12-7-20)36-18-28(32-3)14-15-28;1-19(2)21-6-13-26-25(16-21)27(34)33(17-20-4-9-23(30)10-5-20)29(26,22-7-11-24(31)12-8-22)35-18-28(32-3)14-15-28;1-30-25(12-13-25)16-33-26(18-4-9-21(29)10-5-18)23-11-6-19(27)14-22(23)24(32)31(26)15-17-2-7-20(28)8-3-17;22-15-5-10-19-18(11-15)20(26)25(12-13-1-6-16(23)7-2-13)21(19,27)14-3-8-17(24)9-4-14;1-2-6(5-7)3-4-6;6-3-5(4-7)1-2-5;2-1-3/h4-13,16,35H,14-15,17-18H2,1-2H3;4-13,16H,1,14-15,17-18H2,2H3;2-11,14H,12-13,15-16H2;1-11,27H,12H2;2-4H2,1H3;7H,1-2,4H2;/t29-;;;;;;/m1....../s1. The Morgan fingerprint density at radius 3 is 0.926 bits per heavy atom. The van der Waals surface area contributed by atoms with Crippen LogP contribution in [0, 0.1) is 53.2 Å². The number of carbonyl (C=O) groups excluding carboxylic acids is 6. The Labute approximate surface area is 916 Å². The summed E-state index contributed by atoms with van der Waals surface area (Å²) in [5, 5.41) is 52.3. The van der Waals surface area contributed by atoms with Crippen molar-refractivity contribution in [3.8, 4) is 12.1 Å². The van der Waals surface area contributed by atoms with Crippen LogP contribution in [0.25, 0.3) is 20.1 Å². The number of amides is 4. The van der Waals surface area contributed by atoms with Gasteiger partial charge in [0, 0.05) is 181 Å². The molecular weight excluding hydrogens is 2170 g/mol. The fourth-order valence-corrected chi connectivity index (χ4v) is 19.8. The van der Waals surface area contributed by atoms with E-state index in [-0.39, 0.29) is 80.1 Å². The lowest BCUT2D eigenvalue weighted by atomic mass is 9.89. The minimum absolute atomic E-state index is 0.0451. The zero-order valence-corrected chi connectivity index (χ0v) is 90.1. The number of nitriles is 2. The van der Waals surface area contributed by atoms with E-state index in [2.05, 4.69) is 72.0 Å². The van der Waals surface area contributed by atoms with Crippen molar-refractivity contribution in [1.82, 2.24) is 19.6 Å². The summed E-state index contributed by atoms with van der Waals surface area (Å²) in [5.74, 6) is -0.725. The molecule has 3 unspecified atom stereocenters. The van der Waals surface area contributed by atoms with Crippen molar-refractivity contribution in [3.05, 3.63) is 457 Å². The van der Waals surface area contributed by atoms with Crippen LogP contribution >= 0.6 is 125 Å². The van der Waals surface area contributed by atoms with Crippen LogP contribution in [0.2, 0.25) is 40.2 Å². The molecule has 5 saturated carbocycles. The topological polar surface area (TPSA) is 264 Å². The van der Waals surface area contributed by atoms with Gasteiger partial charge in [0.15, 0.2) is 22.9 Å². The molecule has 31 heteroatoms. The van der Waals surface area contributed by atoms with Crippen LogP contribution in [-0.4, -0.2) is 108 Å². The third-order valence-electron chi connectivity index (χ3n) is 28.1. The first-order valence-electron chi connectivity index (χ1n) is 47.5. The van der Waals surface area contributed by atoms with Gasteiger partial charge in [-0.2, -0.15) is 20.1 Å². The number of aliphatic hydroxyl groups excluding tert-OH is 1. The van der Waals surface area contributed by atoms with Crippen molar-refractivity contribution < 1.29 is 58.3 Å². The molecule has 5 aliphatic carbocycles. The molecule has 3 N–H and O–H groups in total. The monoisotopic (exact) mass is 2260 g/mol. The molecule has 9 aliphatic rings. The molecule has 148 heavy (non-hydrogen) atoms. The molecule has 0 aromatic heterocycles. The van der Waals surface area contributed by atoms with E-state index < -0.39 is 45.1 Å². The molecule has 21 rings (SSSR count). The summed E-state index contributed by atoms with van der Waals surface area (Å²) in [6.45, 7) is 36.2. The predicted octanol–water partition coefficient (Wildman–Crippen LogP) is 28.0. The zero-order valence-electron chi connectivity index (χ0n) is 80.9. The normalized spacial score (nSPS) is 19.8. The summed E-state index contributed by atoms with van der Waals surface area (Å²) < 4.78 is 21.7. The van der Waals surface area contributed by atoms with Gasteiger partial charge in [0.05, 0.1) is 35.2 Å². The third-order valence-corrected chi connectivity index (χ3v) is 31.1. The molecule has 754 valence electrons. The molecule has 12 aromatic carbocycles. The van der Waals surface area contributed by atoms with Crippen LogP contribution in [0.4, 0.5) is 0 Å². The molecule has 0 saturated heterocycles. The number of rotatable bonds is 25. The van der Waals surface area contributed by atoms with Crippen molar-refractivity contribution in [2.45, 2.75) is 170 Å². The number of benzene rings is 12. The molecule has 0 spiro atoms. The number of carbonyl (C=O) groups is 4. The Bertz CT molecular complexity index is 7260. The third kappa shape index (κ3) is 23.6. The van der Waals surface area contributed by atoms with E-state index in [1.54, 1.807) is 132 Å². The fraction of sp³-hybridized carbons (Fsp3) is 0.282. The average molecular weight is 2270 g/mol. The Kier molecular flexibility index (Phi) is 33.9. The predicted molar refractivity (Wildman–Crippen MR) is 578 cm³/mol. The van der Waals surface area contributed by atoms with Crippen LogP contribution in [-0.2, 0) is 78.5 Å². The highest BCUT2D eigenvalue weighted by Gasteiger charge is 2.62. The number of halogens is 10. The van der Waals surface area contributed by atoms with E-state index in [1.807, 2.05) is 171 Å². The fourth-order valence-electron chi connectivity index (χ4n) is 18.1. The minimum Gasteiger partial charge on any atom is -0.395 e. The number of aliphatic hydroxyl groups is 3. The van der Waals surface area contributed by atoms with Gasteiger partial charge in [-0.3, -0.25) is 38.8 Å². The number of ether oxygens (including phenoxy) is 3. The van der Waals surface area contributed by atoms with Gasteiger partial charge in [0.1, 0.15) is 19.8 Å². The largest absolute Gasteiger partial charge is 0.395 e. The highest BCUT2D eigenvalue weighted by Crippen LogP contribution is 2.56. The second kappa shape index (κ2) is 45.5. The second-order valence-corrected chi connectivity index (χ2v) is 44.0. The lowest BCUT2D eigenvalue weighted by Crippen LogP contribution is -2.47. The van der Waals surface area contributed by atoms with Crippen molar-refractivity contribution >= 4 is 160 Å². The van der Waals surface area contributed by atoms with Gasteiger partial charge in [-0.05, 0) is 220 Å². The van der Waals surface area contributed by atoms with Gasteiger partial charge in [0.2, 0.25) is 0 Å². The summed E-state index contributed by atoms with van der Waals surface area (Å²) in [5.41, 5.74) is 5.56. The van der Waals surface area contributed by atoms with Gasteiger partial charge in [-0.1, -0.05) is 277 Å². The van der Waals surface area contributed by atoms with Crippen molar-refractivity contribution in [1.29, 1.82) is 10.5 Å². The maximum atomic E-state index is 14.1. The number of nitrogens with zero attached hydrogens (tertiary/aromatic N) is 9. The lowest BCUT2D eigenvalue weighted by Gasteiger charge is -2.39. The lowest BCUT2D eigenvalue weighted by molar-refractivity contribution is -0.191. The first-order valence-corrected chi connectivity index (χ1v) is 52.1. The maximum Gasteiger partial charge on any atom is 0.373 e. The molecule has 21 nitrogen and oxygen atoms in total. The molecule has 4 amide bonds. The van der Waals surface area contributed by atoms with Crippen LogP contribution in [0.5, 0.6) is 0 Å². The maximum absolute atomic E-state index is 14.1. The van der Waals surface area contributed by atoms with E-state index in [0.29, 0.717) is 97.8 Å². The Morgan fingerprint density at radius 1 is 0.399 bits per heavy atom. The molecule has 5 fully saturated rings. The van der Waals surface area contributed by atoms with Crippen LogP contribution in [0.15, 0.2) is 282 Å². The van der Waals surface area contributed by atoms with E-state index in [4.69, 9.17) is 152 Å². The van der Waals surface area contributed by atoms with Crippen LogP contribution < -0.4 is 0 Å². The summed E-state index contributed by atoms with van der Waals surface area (Å²) in [6, 6.07) is 84.9. The average Bonchev–Trinajstić information content (AvgIpc) is 1.57. The summed E-state index contributed by atoms with van der Waals surface area (Å²) in [6.07, 6.45) is 10.1. The SMILES string of the molecule is CCC1(C#N)CC1.N#CC1(CO)CC1.O=C1c2cc(Br)ccc2C(O)(c2ccc(Cl)cc2)N1Cc1ccc(Cl)cc1.O=C=O.[C-]#[N+]C1(COC2(c3ccc(Cl)cc3)c3ccc(Br)cc3C(=O)N2Cc2ccc(Cl)cc2)CC1.[C-]#[N+]C1(COC2(c3ccc(Cl)cc3)c3ccc(C(=C)C)cc3C(=O)N2Cc2ccc(Cl)cc2)CC1.[C-]#[N+]C1(CO[C@]2(c3ccc(Cl)cc3)c3ccc(C(C)(C)O)cc3C(=O)N2Cc2ccc(Cl)cc2)CC1. The minimum atomic E-state index is -1.59. The zero-order chi connectivity index (χ0) is 106. The molecule has 4 heterocycles. The molecular formula is C117H99Br2Cl8N9O12. The van der Waals surface area contributed by atoms with Gasteiger partial charge in [0.25, 0.3) is 40.2 Å². The smallest absolute Gasteiger partial charge is 0.373 e. The molecule has 0 radical (unpaired) electrons. The van der Waals surface area contributed by atoms with E-state index in [0.717, 1.165) is 141 Å². The Balaban J connectivity index is 0.000000140. The number of fused-ring (bicyclic) bond motifs is 4. The quantitative estimate of drug-likeness (QED) is 0.0449. The molecule has 4 aliphatic heterocycles. The second-order valence-electron chi connectivity index (χ2n) is 38.7. The molecule has 0 bridgehead atoms. The number of hydrogen-bond acceptors (Lipinski definition) is 14. The van der Waals surface area contributed by atoms with E-state index in [9.17, 15) is 29.4 Å². The van der Waals surface area contributed by atoms with Gasteiger partial charge >= 0.3 is 6.15 Å². The Hall–Kier alpha value is -11.9. The van der Waals surface area contributed by atoms with Gasteiger partial charge in [-0.15, -0.1) is 0 Å². The summed E-state index contributed by atoms with van der Waals surface area (Å²) >= 11 is 55.8. The highest BCUT2D eigenvalue weighted by molar-refractivity contribution is 9.10. The summed E-state index contributed by atoms with van der Waals surface area (Å²) in [7, 11) is 0. The van der Waals surface area contributed by atoms with Gasteiger partial charge < -0.3 is 44.1 Å². The number of hydrogen-bond donors (Lipinski definition) is 3. The first-order chi connectivity index (χ1) is 70.7. The Morgan fingerprint density at radius 2 is 0.662 bits per heavy atom. The summed E-state index contributed by atoms with van der Waals surface area (Å²) in [4.78, 5) is 89.5. The van der Waals surface area contributed by atoms with Crippen molar-refractivity contribution in [2.24, 2.45) is 10.8 Å². The van der Waals surface area contributed by atoms with Gasteiger partial charge in [-0.25, -0.2) is 19.7 Å². The number of allylic oxidation sites excluding steroid dienone is 1. The molecule has 12 aromatic rings. The van der Waals surface area contributed by atoms with Crippen molar-refractivity contribution in [3.63, 3.8) is 0 Å². The van der Waals surface area contributed by atoms with E-state index in [1.165, 1.54) is 4.90 Å². The van der Waals surface area contributed by atoms with Crippen molar-refractivity contribution in [2.75, 3.05) is 26.4 Å². The van der Waals surface area contributed by atoms with Crippen LogP contribution in [0.1, 0.15) is 218 Å². The van der Waals surface area contributed by atoms with E-state index >= 15 is 0 Å². The van der Waals surface area contributed by atoms with Crippen LogP contribution in [0.3, 0.4) is 0 Å².